The maximum absolute atomic E-state index is 12.7. The van der Waals surface area contributed by atoms with Crippen LogP contribution in [0.3, 0.4) is 0 Å². The number of benzene rings is 1. The van der Waals surface area contributed by atoms with Crippen molar-refractivity contribution in [3.05, 3.63) is 58.9 Å². The third-order valence-electron chi connectivity index (χ3n) is 5.04. The molecule has 1 saturated heterocycles. The number of amides is 1. The van der Waals surface area contributed by atoms with Gasteiger partial charge in [0.05, 0.1) is 19.3 Å². The highest BCUT2D eigenvalue weighted by Crippen LogP contribution is 2.23. The van der Waals surface area contributed by atoms with Crippen molar-refractivity contribution in [1.82, 2.24) is 19.7 Å². The SMILES string of the molecule is COc1ccc(C(=O)Nc2nc(CN3CCCCC3)cs2)cc1Cn1cccn1. The number of hydrogen-bond acceptors (Lipinski definition) is 6. The number of methoxy groups -OCH3 is 1. The summed E-state index contributed by atoms with van der Waals surface area (Å²) in [7, 11) is 1.63. The lowest BCUT2D eigenvalue weighted by Crippen LogP contribution is -2.29. The van der Waals surface area contributed by atoms with Gasteiger partial charge in [-0.15, -0.1) is 11.3 Å². The minimum absolute atomic E-state index is 0.173. The van der Waals surface area contributed by atoms with Crippen LogP contribution in [-0.2, 0) is 13.1 Å². The molecule has 1 aromatic carbocycles. The van der Waals surface area contributed by atoms with Crippen LogP contribution < -0.4 is 10.1 Å². The molecule has 29 heavy (non-hydrogen) atoms. The Kier molecular flexibility index (Phi) is 6.21. The van der Waals surface area contributed by atoms with Crippen LogP contribution in [0.15, 0.2) is 42.0 Å². The molecule has 1 aliphatic heterocycles. The van der Waals surface area contributed by atoms with E-state index in [1.807, 2.05) is 29.8 Å². The van der Waals surface area contributed by atoms with Crippen molar-refractivity contribution in [2.24, 2.45) is 0 Å². The minimum atomic E-state index is -0.173. The molecule has 0 spiro atoms. The molecular formula is C21H25N5O2S. The molecule has 0 aliphatic carbocycles. The smallest absolute Gasteiger partial charge is 0.257 e. The fraction of sp³-hybridized carbons (Fsp3) is 0.381. The summed E-state index contributed by atoms with van der Waals surface area (Å²) >= 11 is 1.47. The summed E-state index contributed by atoms with van der Waals surface area (Å²) < 4.78 is 7.23. The molecule has 0 unspecified atom stereocenters. The molecule has 3 heterocycles. The van der Waals surface area contributed by atoms with Gasteiger partial charge in [0.15, 0.2) is 5.13 Å². The minimum Gasteiger partial charge on any atom is -0.496 e. The zero-order valence-corrected chi connectivity index (χ0v) is 17.3. The summed E-state index contributed by atoms with van der Waals surface area (Å²) in [4.78, 5) is 19.8. The summed E-state index contributed by atoms with van der Waals surface area (Å²) in [6.07, 6.45) is 7.44. The first-order valence-electron chi connectivity index (χ1n) is 9.84. The summed E-state index contributed by atoms with van der Waals surface area (Å²) in [5.41, 5.74) is 2.48. The van der Waals surface area contributed by atoms with Crippen LogP contribution in [0.2, 0.25) is 0 Å². The number of ether oxygens (including phenoxy) is 1. The van der Waals surface area contributed by atoms with Gasteiger partial charge < -0.3 is 4.74 Å². The highest BCUT2D eigenvalue weighted by molar-refractivity contribution is 7.13. The fourth-order valence-electron chi connectivity index (χ4n) is 3.56. The third-order valence-corrected chi connectivity index (χ3v) is 5.85. The molecule has 1 fully saturated rings. The quantitative estimate of drug-likeness (QED) is 0.643. The van der Waals surface area contributed by atoms with Gasteiger partial charge in [0.1, 0.15) is 5.75 Å². The van der Waals surface area contributed by atoms with Gasteiger partial charge in [-0.3, -0.25) is 19.7 Å². The maximum atomic E-state index is 12.7. The highest BCUT2D eigenvalue weighted by Gasteiger charge is 2.15. The number of aromatic nitrogens is 3. The van der Waals surface area contributed by atoms with Crippen molar-refractivity contribution in [3.8, 4) is 5.75 Å². The van der Waals surface area contributed by atoms with E-state index >= 15 is 0 Å². The molecule has 1 aliphatic rings. The Morgan fingerprint density at radius 1 is 1.24 bits per heavy atom. The van der Waals surface area contributed by atoms with Gasteiger partial charge in [-0.25, -0.2) is 4.98 Å². The number of piperidine rings is 1. The van der Waals surface area contributed by atoms with Gasteiger partial charge in [0.2, 0.25) is 0 Å². The highest BCUT2D eigenvalue weighted by atomic mass is 32.1. The lowest BCUT2D eigenvalue weighted by molar-refractivity contribution is 0.102. The first-order chi connectivity index (χ1) is 14.2. The monoisotopic (exact) mass is 411 g/mol. The van der Waals surface area contributed by atoms with Crippen LogP contribution in [0.25, 0.3) is 0 Å². The molecule has 0 bridgehead atoms. The second kappa shape index (κ2) is 9.19. The molecule has 8 heteroatoms. The summed E-state index contributed by atoms with van der Waals surface area (Å²) in [5.74, 6) is 0.559. The molecule has 2 aromatic heterocycles. The second-order valence-corrected chi connectivity index (χ2v) is 8.02. The van der Waals surface area contributed by atoms with Crippen LogP contribution in [0.5, 0.6) is 5.75 Å². The van der Waals surface area contributed by atoms with Crippen molar-refractivity contribution in [1.29, 1.82) is 0 Å². The molecule has 0 saturated carbocycles. The van der Waals surface area contributed by atoms with E-state index in [4.69, 9.17) is 4.74 Å². The van der Waals surface area contributed by atoms with Crippen molar-refractivity contribution in [3.63, 3.8) is 0 Å². The number of anilines is 1. The molecule has 1 N–H and O–H groups in total. The second-order valence-electron chi connectivity index (χ2n) is 7.17. The van der Waals surface area contributed by atoms with Gasteiger partial charge in [0.25, 0.3) is 5.91 Å². The van der Waals surface area contributed by atoms with Gasteiger partial charge in [0, 0.05) is 35.4 Å². The largest absolute Gasteiger partial charge is 0.496 e. The van der Waals surface area contributed by atoms with E-state index in [-0.39, 0.29) is 5.91 Å². The number of rotatable bonds is 7. The normalized spacial score (nSPS) is 14.7. The van der Waals surface area contributed by atoms with E-state index in [2.05, 4.69) is 20.3 Å². The van der Waals surface area contributed by atoms with E-state index in [1.54, 1.807) is 24.1 Å². The molecule has 1 amide bonds. The standard InChI is InChI=1S/C21H25N5O2S/c1-28-19-7-6-16(12-17(19)13-26-11-5-8-22-26)20(27)24-21-23-18(15-29-21)14-25-9-3-2-4-10-25/h5-8,11-12,15H,2-4,9-10,13-14H2,1H3,(H,23,24,27). The Labute approximate surface area is 174 Å². The Hall–Kier alpha value is -2.71. The van der Waals surface area contributed by atoms with Crippen molar-refractivity contribution < 1.29 is 9.53 Å². The van der Waals surface area contributed by atoms with Crippen LogP contribution in [0, 0.1) is 0 Å². The molecule has 3 aromatic rings. The third kappa shape index (κ3) is 5.02. The van der Waals surface area contributed by atoms with Crippen molar-refractivity contribution in [2.45, 2.75) is 32.4 Å². The zero-order valence-electron chi connectivity index (χ0n) is 16.5. The van der Waals surface area contributed by atoms with E-state index < -0.39 is 0 Å². The molecule has 152 valence electrons. The van der Waals surface area contributed by atoms with Crippen LogP contribution in [-0.4, -0.2) is 45.8 Å². The topological polar surface area (TPSA) is 72.3 Å². The Balaban J connectivity index is 1.43. The average molecular weight is 412 g/mol. The van der Waals surface area contributed by atoms with Crippen molar-refractivity contribution in [2.75, 3.05) is 25.5 Å². The van der Waals surface area contributed by atoms with Crippen LogP contribution >= 0.6 is 11.3 Å². The number of nitrogens with one attached hydrogen (secondary N) is 1. The van der Waals surface area contributed by atoms with E-state index in [0.29, 0.717) is 17.2 Å². The number of carbonyl (C=O) groups excluding carboxylic acids is 1. The van der Waals surface area contributed by atoms with E-state index in [0.717, 1.165) is 36.6 Å². The summed E-state index contributed by atoms with van der Waals surface area (Å²) in [5, 5.41) is 9.81. The Morgan fingerprint density at radius 3 is 2.86 bits per heavy atom. The molecular weight excluding hydrogens is 386 g/mol. The average Bonchev–Trinajstić information content (AvgIpc) is 3.41. The fourth-order valence-corrected chi connectivity index (χ4v) is 4.26. The number of thiazole rings is 1. The summed E-state index contributed by atoms with van der Waals surface area (Å²) in [6.45, 7) is 3.64. The van der Waals surface area contributed by atoms with Gasteiger partial charge in [-0.2, -0.15) is 5.10 Å². The lowest BCUT2D eigenvalue weighted by Gasteiger charge is -2.25. The molecule has 0 radical (unpaired) electrons. The van der Waals surface area contributed by atoms with Gasteiger partial charge >= 0.3 is 0 Å². The maximum Gasteiger partial charge on any atom is 0.257 e. The summed E-state index contributed by atoms with van der Waals surface area (Å²) in [6, 6.07) is 7.30. The predicted molar refractivity (Wildman–Crippen MR) is 114 cm³/mol. The van der Waals surface area contributed by atoms with E-state index in [9.17, 15) is 4.79 Å². The Morgan fingerprint density at radius 2 is 2.10 bits per heavy atom. The van der Waals surface area contributed by atoms with Crippen molar-refractivity contribution >= 4 is 22.4 Å². The van der Waals surface area contributed by atoms with Crippen LogP contribution in [0.1, 0.15) is 40.9 Å². The first kappa shape index (κ1) is 19.6. The number of carbonyl (C=O) groups is 1. The number of hydrogen-bond donors (Lipinski definition) is 1. The first-order valence-corrected chi connectivity index (χ1v) is 10.7. The number of nitrogens with zero attached hydrogens (tertiary/aromatic N) is 4. The van der Waals surface area contributed by atoms with E-state index in [1.165, 1.54) is 30.6 Å². The molecule has 4 rings (SSSR count). The van der Waals surface area contributed by atoms with Crippen LogP contribution in [0.4, 0.5) is 5.13 Å². The van der Waals surface area contributed by atoms with Gasteiger partial charge in [-0.05, 0) is 50.2 Å². The zero-order chi connectivity index (χ0) is 20.1. The predicted octanol–water partition coefficient (Wildman–Crippen LogP) is 3.63. The lowest BCUT2D eigenvalue weighted by atomic mass is 10.1. The van der Waals surface area contributed by atoms with Gasteiger partial charge in [-0.1, -0.05) is 6.42 Å². The Bertz CT molecular complexity index is 948. The molecule has 0 atom stereocenters. The number of likely N-dealkylation sites (tertiary alicyclic amines) is 1. The molecule has 7 nitrogen and oxygen atoms in total.